The normalized spacial score (nSPS) is 11.5. The number of phenols is 1. The first kappa shape index (κ1) is 20.6. The quantitative estimate of drug-likeness (QED) is 0.207. The van der Waals surface area contributed by atoms with Gasteiger partial charge < -0.3 is 9.52 Å². The van der Waals surface area contributed by atoms with Gasteiger partial charge in [-0.1, -0.05) is 34.1 Å². The summed E-state index contributed by atoms with van der Waals surface area (Å²) < 4.78 is 7.84. The van der Waals surface area contributed by atoms with Crippen LogP contribution in [0.3, 0.4) is 0 Å². The zero-order valence-corrected chi connectivity index (χ0v) is 18.3. The van der Waals surface area contributed by atoms with Crippen LogP contribution in [0.2, 0.25) is 0 Å². The number of hydrogen-bond donors (Lipinski definition) is 1. The third kappa shape index (κ3) is 3.66. The Bertz CT molecular complexity index is 1650. The number of furan rings is 1. The van der Waals surface area contributed by atoms with Crippen molar-refractivity contribution in [2.24, 2.45) is 5.10 Å². The van der Waals surface area contributed by atoms with Gasteiger partial charge in [-0.25, -0.2) is 4.98 Å². The van der Waals surface area contributed by atoms with E-state index >= 15 is 0 Å². The lowest BCUT2D eigenvalue weighted by atomic mass is 10.2. The van der Waals surface area contributed by atoms with E-state index in [1.165, 1.54) is 24.4 Å². The fourth-order valence-corrected chi connectivity index (χ4v) is 3.81. The van der Waals surface area contributed by atoms with Crippen LogP contribution in [0.15, 0.2) is 85.5 Å². The Morgan fingerprint density at radius 3 is 2.76 bits per heavy atom. The molecule has 5 rings (SSSR count). The lowest BCUT2D eigenvalue weighted by Gasteiger charge is -2.07. The van der Waals surface area contributed by atoms with Gasteiger partial charge in [0.25, 0.3) is 5.56 Å². The molecule has 0 radical (unpaired) electrons. The Hall–Kier alpha value is -4.31. The van der Waals surface area contributed by atoms with Crippen LogP contribution in [0, 0.1) is 10.1 Å². The van der Waals surface area contributed by atoms with Crippen LogP contribution >= 0.6 is 15.9 Å². The molecule has 0 aliphatic rings. The van der Waals surface area contributed by atoms with Crippen LogP contribution in [0.25, 0.3) is 33.5 Å². The number of fused-ring (bicyclic) bond motifs is 2. The smallest absolute Gasteiger partial charge is 0.311 e. The molecule has 2 heterocycles. The van der Waals surface area contributed by atoms with E-state index in [-0.39, 0.29) is 11.4 Å². The topological polar surface area (TPSA) is 124 Å². The molecule has 1 N–H and O–H groups in total. The number of phenolic OH excluding ortho intramolecular Hbond substituents is 1. The molecule has 0 aliphatic heterocycles. The average molecular weight is 505 g/mol. The average Bonchev–Trinajstić information content (AvgIpc) is 3.22. The van der Waals surface area contributed by atoms with E-state index in [2.05, 4.69) is 26.0 Å². The molecular formula is C23H13BrN4O5. The fraction of sp³-hybridized carbons (Fsp3) is 0. The zero-order chi connectivity index (χ0) is 23.1. The van der Waals surface area contributed by atoms with E-state index < -0.39 is 21.9 Å². The number of hydrogen-bond acceptors (Lipinski definition) is 7. The van der Waals surface area contributed by atoms with E-state index in [1.54, 1.807) is 36.4 Å². The minimum absolute atomic E-state index is 0.0729. The Morgan fingerprint density at radius 1 is 1.12 bits per heavy atom. The minimum Gasteiger partial charge on any atom is -0.502 e. The molecule has 33 heavy (non-hydrogen) atoms. The van der Waals surface area contributed by atoms with Crippen LogP contribution in [0.4, 0.5) is 5.69 Å². The van der Waals surface area contributed by atoms with Crippen molar-refractivity contribution in [1.82, 2.24) is 9.66 Å². The molecule has 5 aromatic rings. The highest BCUT2D eigenvalue weighted by molar-refractivity contribution is 9.10. The minimum atomic E-state index is -0.700. The third-order valence-corrected chi connectivity index (χ3v) is 5.50. The highest BCUT2D eigenvalue weighted by atomic mass is 79.9. The molecule has 0 spiro atoms. The van der Waals surface area contributed by atoms with Gasteiger partial charge in [0.05, 0.1) is 22.0 Å². The van der Waals surface area contributed by atoms with Crippen molar-refractivity contribution in [3.63, 3.8) is 0 Å². The van der Waals surface area contributed by atoms with Gasteiger partial charge in [-0.05, 0) is 42.5 Å². The van der Waals surface area contributed by atoms with Gasteiger partial charge in [0, 0.05) is 21.5 Å². The predicted octanol–water partition coefficient (Wildman–Crippen LogP) is 5.07. The fourth-order valence-electron chi connectivity index (χ4n) is 3.43. The molecule has 0 bridgehead atoms. The van der Waals surface area contributed by atoms with Crippen molar-refractivity contribution in [2.75, 3.05) is 0 Å². The van der Waals surface area contributed by atoms with Crippen molar-refractivity contribution in [3.05, 3.63) is 97.2 Å². The van der Waals surface area contributed by atoms with Crippen molar-refractivity contribution < 1.29 is 14.4 Å². The summed E-state index contributed by atoms with van der Waals surface area (Å²) in [6.07, 6.45) is 1.17. The molecule has 10 heteroatoms. The number of rotatable bonds is 4. The number of nitro benzene ring substituents is 1. The molecule has 162 valence electrons. The van der Waals surface area contributed by atoms with Gasteiger partial charge in [0.2, 0.25) is 11.6 Å². The van der Waals surface area contributed by atoms with Gasteiger partial charge in [-0.15, -0.1) is 0 Å². The summed E-state index contributed by atoms with van der Waals surface area (Å²) >= 11 is 3.42. The Balaban J connectivity index is 1.73. The molecule has 2 aromatic heterocycles. The van der Waals surface area contributed by atoms with Crippen LogP contribution in [-0.2, 0) is 0 Å². The first-order valence-electron chi connectivity index (χ1n) is 9.64. The van der Waals surface area contributed by atoms with Gasteiger partial charge in [-0.2, -0.15) is 9.78 Å². The highest BCUT2D eigenvalue weighted by Crippen LogP contribution is 2.30. The number of aromatic hydroxyl groups is 1. The van der Waals surface area contributed by atoms with Crippen molar-refractivity contribution in [3.8, 4) is 17.3 Å². The van der Waals surface area contributed by atoms with E-state index in [0.29, 0.717) is 22.2 Å². The number of aromatic nitrogens is 2. The Labute approximate surface area is 193 Å². The standard InChI is InChI=1S/C23H13BrN4O5/c24-15-8-9-19-14(10-15)11-20(33-19)22-26-17-6-2-1-5-16(17)23(30)27(22)25-12-13-4-3-7-18(21(13)29)28(31)32/h1-12,29H. The molecule has 0 fully saturated rings. The summed E-state index contributed by atoms with van der Waals surface area (Å²) in [6.45, 7) is 0. The molecule has 0 unspecified atom stereocenters. The second-order valence-corrected chi connectivity index (χ2v) is 7.99. The summed E-state index contributed by atoms with van der Waals surface area (Å²) in [5.74, 6) is -0.0956. The maximum absolute atomic E-state index is 13.3. The molecule has 0 atom stereocenters. The maximum Gasteiger partial charge on any atom is 0.311 e. The SMILES string of the molecule is O=c1c2ccccc2nc(-c2cc3cc(Br)ccc3o2)n1N=Cc1cccc([N+](=O)[O-])c1O. The number of nitro groups is 1. The summed E-state index contributed by atoms with van der Waals surface area (Å²) in [5, 5.41) is 26.7. The van der Waals surface area contributed by atoms with Crippen LogP contribution < -0.4 is 5.56 Å². The van der Waals surface area contributed by atoms with Crippen LogP contribution in [0.5, 0.6) is 5.75 Å². The summed E-state index contributed by atoms with van der Waals surface area (Å²) in [7, 11) is 0. The second kappa shape index (κ2) is 7.99. The largest absolute Gasteiger partial charge is 0.502 e. The highest BCUT2D eigenvalue weighted by Gasteiger charge is 2.18. The van der Waals surface area contributed by atoms with Gasteiger partial charge in [-0.3, -0.25) is 14.9 Å². The Morgan fingerprint density at radius 2 is 1.94 bits per heavy atom. The second-order valence-electron chi connectivity index (χ2n) is 7.08. The molecule has 0 saturated heterocycles. The molecular weight excluding hydrogens is 492 g/mol. The zero-order valence-electron chi connectivity index (χ0n) is 16.7. The Kier molecular flexibility index (Phi) is 4.98. The van der Waals surface area contributed by atoms with Crippen LogP contribution in [-0.4, -0.2) is 25.9 Å². The molecule has 3 aromatic carbocycles. The monoisotopic (exact) mass is 504 g/mol. The van der Waals surface area contributed by atoms with E-state index in [9.17, 15) is 20.0 Å². The first-order chi connectivity index (χ1) is 15.9. The summed E-state index contributed by atoms with van der Waals surface area (Å²) in [4.78, 5) is 28.3. The van der Waals surface area contributed by atoms with Crippen molar-refractivity contribution in [2.45, 2.75) is 0 Å². The predicted molar refractivity (Wildman–Crippen MR) is 127 cm³/mol. The number of nitrogens with zero attached hydrogens (tertiary/aromatic N) is 4. The van der Waals surface area contributed by atoms with Gasteiger partial charge >= 0.3 is 5.69 Å². The van der Waals surface area contributed by atoms with Gasteiger partial charge in [0.1, 0.15) is 5.58 Å². The van der Waals surface area contributed by atoms with E-state index in [4.69, 9.17) is 4.42 Å². The molecule has 0 saturated carbocycles. The lowest BCUT2D eigenvalue weighted by Crippen LogP contribution is -2.20. The summed E-state index contributed by atoms with van der Waals surface area (Å²) in [6, 6.07) is 18.1. The van der Waals surface area contributed by atoms with Crippen molar-refractivity contribution in [1.29, 1.82) is 0 Å². The number of para-hydroxylation sites is 2. The number of halogens is 1. The van der Waals surface area contributed by atoms with Gasteiger partial charge in [0.15, 0.2) is 5.76 Å². The number of benzene rings is 3. The third-order valence-electron chi connectivity index (χ3n) is 5.01. The molecule has 0 amide bonds. The molecule has 9 nitrogen and oxygen atoms in total. The first-order valence-corrected chi connectivity index (χ1v) is 10.4. The maximum atomic E-state index is 13.3. The van der Waals surface area contributed by atoms with Crippen molar-refractivity contribution >= 4 is 49.7 Å². The lowest BCUT2D eigenvalue weighted by molar-refractivity contribution is -0.385. The van der Waals surface area contributed by atoms with Crippen LogP contribution in [0.1, 0.15) is 5.56 Å². The van der Waals surface area contributed by atoms with E-state index in [0.717, 1.165) is 14.5 Å². The molecule has 0 aliphatic carbocycles. The van der Waals surface area contributed by atoms with E-state index in [1.807, 2.05) is 12.1 Å². The summed E-state index contributed by atoms with van der Waals surface area (Å²) in [5.41, 5.74) is 0.208.